The highest BCUT2D eigenvalue weighted by Crippen LogP contribution is 2.12. The Labute approximate surface area is 190 Å². The van der Waals surface area contributed by atoms with Crippen LogP contribution >= 0.6 is 0 Å². The van der Waals surface area contributed by atoms with E-state index >= 15 is 0 Å². The van der Waals surface area contributed by atoms with Gasteiger partial charge in [-0.1, -0.05) is 12.1 Å². The minimum Gasteiger partial charge on any atom is -0.497 e. The summed E-state index contributed by atoms with van der Waals surface area (Å²) in [6.07, 6.45) is 2.49. The van der Waals surface area contributed by atoms with Gasteiger partial charge in [0.25, 0.3) is 0 Å². The van der Waals surface area contributed by atoms with Crippen LogP contribution < -0.4 is 15.4 Å². The second kappa shape index (κ2) is 12.1. The first-order valence-electron chi connectivity index (χ1n) is 11.2. The van der Waals surface area contributed by atoms with Crippen molar-refractivity contribution < 1.29 is 13.9 Å². The molecule has 3 rings (SSSR count). The predicted octanol–water partition coefficient (Wildman–Crippen LogP) is 2.12. The van der Waals surface area contributed by atoms with Crippen LogP contribution in [0, 0.1) is 0 Å². The van der Waals surface area contributed by atoms with Crippen LogP contribution in [-0.2, 0) is 17.8 Å². The minimum absolute atomic E-state index is 0.0819. The number of rotatable bonds is 9. The predicted molar refractivity (Wildman–Crippen MR) is 126 cm³/mol. The van der Waals surface area contributed by atoms with E-state index in [1.165, 1.54) is 0 Å². The van der Waals surface area contributed by atoms with Gasteiger partial charge in [-0.2, -0.15) is 0 Å². The molecule has 0 bridgehead atoms. The molecule has 32 heavy (non-hydrogen) atoms. The summed E-state index contributed by atoms with van der Waals surface area (Å²) in [7, 11) is 1.67. The first-order valence-corrected chi connectivity index (χ1v) is 11.2. The van der Waals surface area contributed by atoms with Crippen molar-refractivity contribution in [1.82, 2.24) is 20.4 Å². The number of nitrogens with one attached hydrogen (secondary N) is 2. The highest BCUT2D eigenvalue weighted by molar-refractivity contribution is 5.80. The second-order valence-corrected chi connectivity index (χ2v) is 8.23. The van der Waals surface area contributed by atoms with Crippen LogP contribution in [0.5, 0.6) is 5.75 Å². The van der Waals surface area contributed by atoms with Crippen molar-refractivity contribution in [3.05, 3.63) is 54.0 Å². The summed E-state index contributed by atoms with van der Waals surface area (Å²) in [5.74, 6) is 2.76. The Morgan fingerprint density at radius 3 is 2.53 bits per heavy atom. The van der Waals surface area contributed by atoms with Gasteiger partial charge in [0.05, 0.1) is 26.5 Å². The van der Waals surface area contributed by atoms with E-state index in [2.05, 4.69) is 20.4 Å². The third-order valence-corrected chi connectivity index (χ3v) is 5.29. The monoisotopic (exact) mass is 441 g/mol. The molecule has 0 radical (unpaired) electrons. The SMILES string of the molecule is COc1ccc(CN=C(NCCc2ccco2)N2CCN(CC(=O)NC(C)C)CC2)cc1. The lowest BCUT2D eigenvalue weighted by Crippen LogP contribution is -2.54. The zero-order chi connectivity index (χ0) is 22.8. The Kier molecular flexibility index (Phi) is 8.98. The molecule has 1 aromatic carbocycles. The number of piperazine rings is 1. The molecule has 1 aromatic heterocycles. The topological polar surface area (TPSA) is 82.3 Å². The zero-order valence-corrected chi connectivity index (χ0v) is 19.3. The molecule has 174 valence electrons. The number of carbonyl (C=O) groups is 1. The molecule has 2 N–H and O–H groups in total. The van der Waals surface area contributed by atoms with Crippen molar-refractivity contribution in [2.45, 2.75) is 32.9 Å². The number of benzene rings is 1. The van der Waals surface area contributed by atoms with Crippen LogP contribution in [0.3, 0.4) is 0 Å². The van der Waals surface area contributed by atoms with Crippen molar-refractivity contribution >= 4 is 11.9 Å². The lowest BCUT2D eigenvalue weighted by atomic mass is 10.2. The molecule has 1 aliphatic heterocycles. The quantitative estimate of drug-likeness (QED) is 0.458. The molecular weight excluding hydrogens is 406 g/mol. The lowest BCUT2D eigenvalue weighted by Gasteiger charge is -2.36. The van der Waals surface area contributed by atoms with E-state index in [9.17, 15) is 4.79 Å². The maximum Gasteiger partial charge on any atom is 0.234 e. The van der Waals surface area contributed by atoms with E-state index in [1.807, 2.05) is 50.2 Å². The van der Waals surface area contributed by atoms with Crippen molar-refractivity contribution in [2.75, 3.05) is 46.4 Å². The van der Waals surface area contributed by atoms with E-state index in [0.29, 0.717) is 13.1 Å². The average molecular weight is 442 g/mol. The maximum absolute atomic E-state index is 12.1. The number of guanidine groups is 1. The number of hydrogen-bond acceptors (Lipinski definition) is 5. The molecule has 8 nitrogen and oxygen atoms in total. The van der Waals surface area contributed by atoms with E-state index in [1.54, 1.807) is 13.4 Å². The van der Waals surface area contributed by atoms with E-state index in [-0.39, 0.29) is 11.9 Å². The number of nitrogens with zero attached hydrogens (tertiary/aromatic N) is 3. The molecule has 8 heteroatoms. The zero-order valence-electron chi connectivity index (χ0n) is 19.3. The standard InChI is InChI=1S/C24H35N5O3/c1-19(2)27-23(30)18-28-12-14-29(15-13-28)24(25-11-10-22-5-4-16-32-22)26-17-20-6-8-21(31-3)9-7-20/h4-9,16,19H,10-15,17-18H2,1-3H3,(H,25,26)(H,27,30). The van der Waals surface area contributed by atoms with Crippen molar-refractivity contribution in [3.8, 4) is 5.75 Å². The fourth-order valence-electron chi connectivity index (χ4n) is 3.61. The maximum atomic E-state index is 12.1. The number of ether oxygens (including phenoxy) is 1. The molecule has 1 aliphatic rings. The first kappa shape index (κ1) is 23.7. The van der Waals surface area contributed by atoms with Gasteiger partial charge in [-0.15, -0.1) is 0 Å². The Hall–Kier alpha value is -3.00. The minimum atomic E-state index is 0.0819. The smallest absolute Gasteiger partial charge is 0.234 e. The molecule has 1 amide bonds. The summed E-state index contributed by atoms with van der Waals surface area (Å²) < 4.78 is 10.7. The lowest BCUT2D eigenvalue weighted by molar-refractivity contribution is -0.123. The molecule has 0 aliphatic carbocycles. The van der Waals surface area contributed by atoms with E-state index < -0.39 is 0 Å². The number of furan rings is 1. The molecule has 0 spiro atoms. The number of aliphatic imine (C=N–C) groups is 1. The van der Waals surface area contributed by atoms with Crippen molar-refractivity contribution in [3.63, 3.8) is 0 Å². The van der Waals surface area contributed by atoms with Gasteiger partial charge in [-0.05, 0) is 43.7 Å². The number of amides is 1. The van der Waals surface area contributed by atoms with Crippen LogP contribution in [0.25, 0.3) is 0 Å². The summed E-state index contributed by atoms with van der Waals surface area (Å²) >= 11 is 0. The van der Waals surface area contributed by atoms with Gasteiger partial charge in [0.15, 0.2) is 5.96 Å². The van der Waals surface area contributed by atoms with Crippen molar-refractivity contribution in [2.24, 2.45) is 4.99 Å². The Balaban J connectivity index is 1.57. The summed E-state index contributed by atoms with van der Waals surface area (Å²) in [5, 5.41) is 6.46. The van der Waals surface area contributed by atoms with Gasteiger partial charge in [-0.25, -0.2) is 4.99 Å². The van der Waals surface area contributed by atoms with Gasteiger partial charge >= 0.3 is 0 Å². The summed E-state index contributed by atoms with van der Waals surface area (Å²) in [6, 6.07) is 12.0. The molecule has 1 saturated heterocycles. The fourth-order valence-corrected chi connectivity index (χ4v) is 3.61. The van der Waals surface area contributed by atoms with Crippen LogP contribution in [-0.4, -0.2) is 74.1 Å². The van der Waals surface area contributed by atoms with Gasteiger partial charge in [0, 0.05) is 45.2 Å². The van der Waals surface area contributed by atoms with Gasteiger partial charge in [0.1, 0.15) is 11.5 Å². The molecular formula is C24H35N5O3. The summed E-state index contributed by atoms with van der Waals surface area (Å²) in [4.78, 5) is 21.4. The fraction of sp³-hybridized carbons (Fsp3) is 0.500. The molecule has 0 atom stereocenters. The van der Waals surface area contributed by atoms with Gasteiger partial charge < -0.3 is 24.7 Å². The van der Waals surface area contributed by atoms with Gasteiger partial charge in [-0.3, -0.25) is 9.69 Å². The van der Waals surface area contributed by atoms with Crippen LogP contribution in [0.4, 0.5) is 0 Å². The summed E-state index contributed by atoms with van der Waals surface area (Å²) in [6.45, 7) is 9.03. The molecule has 1 fully saturated rings. The van der Waals surface area contributed by atoms with E-state index in [0.717, 1.165) is 62.2 Å². The number of carbonyl (C=O) groups excluding carboxylic acids is 1. The summed E-state index contributed by atoms with van der Waals surface area (Å²) in [5.41, 5.74) is 1.13. The highest BCUT2D eigenvalue weighted by Gasteiger charge is 2.21. The van der Waals surface area contributed by atoms with Crippen LogP contribution in [0.15, 0.2) is 52.1 Å². The van der Waals surface area contributed by atoms with Crippen molar-refractivity contribution in [1.29, 1.82) is 0 Å². The number of methoxy groups -OCH3 is 1. The Morgan fingerprint density at radius 2 is 1.91 bits per heavy atom. The average Bonchev–Trinajstić information content (AvgIpc) is 3.30. The highest BCUT2D eigenvalue weighted by atomic mass is 16.5. The van der Waals surface area contributed by atoms with Crippen LogP contribution in [0.1, 0.15) is 25.2 Å². The Morgan fingerprint density at radius 1 is 1.16 bits per heavy atom. The largest absolute Gasteiger partial charge is 0.497 e. The van der Waals surface area contributed by atoms with E-state index in [4.69, 9.17) is 14.1 Å². The number of hydrogen-bond donors (Lipinski definition) is 2. The normalized spacial score (nSPS) is 15.1. The van der Waals surface area contributed by atoms with Gasteiger partial charge in [0.2, 0.25) is 5.91 Å². The molecule has 0 saturated carbocycles. The second-order valence-electron chi connectivity index (χ2n) is 8.23. The van der Waals surface area contributed by atoms with Crippen LogP contribution in [0.2, 0.25) is 0 Å². The first-order chi connectivity index (χ1) is 15.5. The molecule has 0 unspecified atom stereocenters. The Bertz CT molecular complexity index is 841. The molecule has 2 aromatic rings. The third kappa shape index (κ3) is 7.60. The third-order valence-electron chi connectivity index (χ3n) is 5.29. The molecule has 2 heterocycles.